The maximum absolute atomic E-state index is 12.9. The van der Waals surface area contributed by atoms with Crippen LogP contribution in [0.2, 0.25) is 0 Å². The van der Waals surface area contributed by atoms with Crippen molar-refractivity contribution in [3.8, 4) is 5.75 Å². The van der Waals surface area contributed by atoms with E-state index in [1.165, 1.54) is 7.11 Å². The van der Waals surface area contributed by atoms with Crippen LogP contribution in [-0.2, 0) is 9.84 Å². The van der Waals surface area contributed by atoms with Crippen LogP contribution < -0.4 is 4.74 Å². The first kappa shape index (κ1) is 16.3. The van der Waals surface area contributed by atoms with E-state index in [-0.39, 0.29) is 4.90 Å². The van der Waals surface area contributed by atoms with Crippen LogP contribution in [0.1, 0.15) is 39.0 Å². The summed E-state index contributed by atoms with van der Waals surface area (Å²) in [7, 11) is -2.12. The van der Waals surface area contributed by atoms with E-state index in [0.717, 1.165) is 19.3 Å². The molecule has 1 aliphatic rings. The summed E-state index contributed by atoms with van der Waals surface area (Å²) in [5.74, 6) is 0.732. The number of methoxy groups -OCH3 is 1. The van der Waals surface area contributed by atoms with Gasteiger partial charge in [0.25, 0.3) is 0 Å². The Kier molecular flexibility index (Phi) is 5.27. The van der Waals surface area contributed by atoms with Crippen molar-refractivity contribution in [2.75, 3.05) is 7.11 Å². The number of aliphatic hydroxyl groups excluding tert-OH is 1. The first-order chi connectivity index (χ1) is 10.0. The number of benzene rings is 1. The van der Waals surface area contributed by atoms with Crippen molar-refractivity contribution < 1.29 is 18.3 Å². The number of hydrogen-bond donors (Lipinski definition) is 1. The van der Waals surface area contributed by atoms with Gasteiger partial charge in [-0.25, -0.2) is 8.42 Å². The first-order valence-corrected chi connectivity index (χ1v) is 9.10. The van der Waals surface area contributed by atoms with Crippen LogP contribution in [0.5, 0.6) is 5.75 Å². The monoisotopic (exact) mass is 312 g/mol. The van der Waals surface area contributed by atoms with Gasteiger partial charge in [0.05, 0.1) is 18.5 Å². The van der Waals surface area contributed by atoms with Crippen molar-refractivity contribution in [1.82, 2.24) is 0 Å². The van der Waals surface area contributed by atoms with E-state index in [1.807, 2.05) is 0 Å². The van der Waals surface area contributed by atoms with E-state index in [9.17, 15) is 13.5 Å². The highest BCUT2D eigenvalue weighted by Crippen LogP contribution is 2.36. The molecule has 0 radical (unpaired) electrons. The molecule has 1 aliphatic carbocycles. The van der Waals surface area contributed by atoms with Crippen LogP contribution in [0.3, 0.4) is 0 Å². The minimum Gasteiger partial charge on any atom is -0.495 e. The quantitative estimate of drug-likeness (QED) is 0.908. The summed E-state index contributed by atoms with van der Waals surface area (Å²) in [4.78, 5) is 0.189. The lowest BCUT2D eigenvalue weighted by molar-refractivity contribution is 0.109. The van der Waals surface area contributed by atoms with E-state index >= 15 is 0 Å². The fourth-order valence-corrected chi connectivity index (χ4v) is 5.32. The van der Waals surface area contributed by atoms with E-state index in [0.29, 0.717) is 24.5 Å². The Balaban J connectivity index is 2.33. The molecule has 0 aromatic heterocycles. The molecular weight excluding hydrogens is 288 g/mol. The van der Waals surface area contributed by atoms with Crippen LogP contribution in [0.4, 0.5) is 0 Å². The van der Waals surface area contributed by atoms with Crippen LogP contribution >= 0.6 is 0 Å². The highest BCUT2D eigenvalue weighted by molar-refractivity contribution is 7.92. The highest BCUT2D eigenvalue weighted by atomic mass is 32.2. The SMILES string of the molecule is CCCC1CCC(O)C(S(=O)(=O)c2ccccc2OC)C1. The van der Waals surface area contributed by atoms with Gasteiger partial charge < -0.3 is 9.84 Å². The predicted molar refractivity (Wildman–Crippen MR) is 82.2 cm³/mol. The minimum atomic E-state index is -3.58. The molecule has 1 N–H and O–H groups in total. The molecule has 0 amide bonds. The second-order valence-electron chi connectivity index (χ2n) is 5.77. The van der Waals surface area contributed by atoms with E-state index in [1.54, 1.807) is 24.3 Å². The zero-order valence-electron chi connectivity index (χ0n) is 12.7. The van der Waals surface area contributed by atoms with E-state index in [4.69, 9.17) is 4.74 Å². The van der Waals surface area contributed by atoms with Crippen LogP contribution in [-0.4, -0.2) is 32.0 Å². The van der Waals surface area contributed by atoms with Crippen molar-refractivity contribution in [2.45, 2.75) is 55.3 Å². The van der Waals surface area contributed by atoms with Crippen molar-refractivity contribution in [3.63, 3.8) is 0 Å². The molecule has 0 heterocycles. The number of hydrogen-bond acceptors (Lipinski definition) is 4. The highest BCUT2D eigenvalue weighted by Gasteiger charge is 2.39. The molecular formula is C16H24O4S. The molecule has 5 heteroatoms. The van der Waals surface area contributed by atoms with Crippen molar-refractivity contribution in [3.05, 3.63) is 24.3 Å². The van der Waals surface area contributed by atoms with Gasteiger partial charge in [-0.1, -0.05) is 31.9 Å². The van der Waals surface area contributed by atoms with E-state index < -0.39 is 21.2 Å². The van der Waals surface area contributed by atoms with Gasteiger partial charge in [-0.15, -0.1) is 0 Å². The van der Waals surface area contributed by atoms with Crippen LogP contribution in [0, 0.1) is 5.92 Å². The largest absolute Gasteiger partial charge is 0.495 e. The van der Waals surface area contributed by atoms with Crippen LogP contribution in [0.15, 0.2) is 29.2 Å². The lowest BCUT2D eigenvalue weighted by Gasteiger charge is -2.33. The molecule has 4 nitrogen and oxygen atoms in total. The molecule has 2 rings (SSSR count). The molecule has 118 valence electrons. The Hall–Kier alpha value is -1.07. The molecule has 0 spiro atoms. The molecule has 1 saturated carbocycles. The standard InChI is InChI=1S/C16H24O4S/c1-3-6-12-9-10-13(17)16(11-12)21(18,19)15-8-5-4-7-14(15)20-2/h4-5,7-8,12-13,16-17H,3,6,9-11H2,1-2H3. The van der Waals surface area contributed by atoms with Gasteiger partial charge in [0.15, 0.2) is 9.84 Å². The van der Waals surface area contributed by atoms with Gasteiger partial charge in [0, 0.05) is 0 Å². The third-order valence-electron chi connectivity index (χ3n) is 4.34. The number of ether oxygens (including phenoxy) is 1. The maximum Gasteiger partial charge on any atom is 0.187 e. The summed E-state index contributed by atoms with van der Waals surface area (Å²) in [6.45, 7) is 2.11. The maximum atomic E-state index is 12.9. The average Bonchev–Trinajstić information content (AvgIpc) is 2.49. The zero-order valence-corrected chi connectivity index (χ0v) is 13.5. The fourth-order valence-electron chi connectivity index (χ4n) is 3.22. The number of aliphatic hydroxyl groups is 1. The van der Waals surface area contributed by atoms with Gasteiger partial charge >= 0.3 is 0 Å². The molecule has 3 atom stereocenters. The summed E-state index contributed by atoms with van der Waals surface area (Å²) >= 11 is 0. The Labute approximate surface area is 127 Å². The van der Waals surface area contributed by atoms with Crippen molar-refractivity contribution >= 4 is 9.84 Å². The number of sulfone groups is 1. The molecule has 1 aromatic carbocycles. The second-order valence-corrected chi connectivity index (χ2v) is 7.90. The molecule has 3 unspecified atom stereocenters. The third-order valence-corrected chi connectivity index (χ3v) is 6.59. The van der Waals surface area contributed by atoms with Crippen LogP contribution in [0.25, 0.3) is 0 Å². The Morgan fingerprint density at radius 1 is 1.29 bits per heavy atom. The zero-order chi connectivity index (χ0) is 15.5. The molecule has 0 aliphatic heterocycles. The second kappa shape index (κ2) is 6.79. The smallest absolute Gasteiger partial charge is 0.187 e. The lowest BCUT2D eigenvalue weighted by Crippen LogP contribution is -2.40. The number of para-hydroxylation sites is 1. The van der Waals surface area contributed by atoms with Crippen molar-refractivity contribution in [2.24, 2.45) is 5.92 Å². The predicted octanol–water partition coefficient (Wildman–Crippen LogP) is 2.80. The summed E-state index contributed by atoms with van der Waals surface area (Å²) in [5, 5.41) is 9.47. The summed E-state index contributed by atoms with van der Waals surface area (Å²) < 4.78 is 30.9. The molecule has 21 heavy (non-hydrogen) atoms. The molecule has 0 saturated heterocycles. The van der Waals surface area contributed by atoms with E-state index in [2.05, 4.69) is 6.92 Å². The van der Waals surface area contributed by atoms with Gasteiger partial charge in [-0.3, -0.25) is 0 Å². The summed E-state index contributed by atoms with van der Waals surface area (Å²) in [5.41, 5.74) is 0. The Morgan fingerprint density at radius 2 is 2.00 bits per heavy atom. The third kappa shape index (κ3) is 3.40. The first-order valence-electron chi connectivity index (χ1n) is 7.55. The topological polar surface area (TPSA) is 63.6 Å². The average molecular weight is 312 g/mol. The fraction of sp³-hybridized carbons (Fsp3) is 0.625. The van der Waals surface area contributed by atoms with Gasteiger partial charge in [0.1, 0.15) is 10.6 Å². The molecule has 1 fully saturated rings. The van der Waals surface area contributed by atoms with Gasteiger partial charge in [-0.05, 0) is 37.3 Å². The molecule has 0 bridgehead atoms. The van der Waals surface area contributed by atoms with Gasteiger partial charge in [0.2, 0.25) is 0 Å². The molecule has 1 aromatic rings. The minimum absolute atomic E-state index is 0.189. The Morgan fingerprint density at radius 3 is 2.67 bits per heavy atom. The lowest BCUT2D eigenvalue weighted by atomic mass is 9.84. The number of rotatable bonds is 5. The normalized spacial score (nSPS) is 26.5. The Bertz CT molecular complexity index is 567. The summed E-state index contributed by atoms with van der Waals surface area (Å²) in [6.07, 6.45) is 3.28. The summed E-state index contributed by atoms with van der Waals surface area (Å²) in [6, 6.07) is 6.64. The van der Waals surface area contributed by atoms with Crippen molar-refractivity contribution in [1.29, 1.82) is 0 Å². The van der Waals surface area contributed by atoms with Gasteiger partial charge in [-0.2, -0.15) is 0 Å².